The van der Waals surface area contributed by atoms with Gasteiger partial charge in [-0.3, -0.25) is 0 Å². The molecule has 0 aromatic carbocycles. The summed E-state index contributed by atoms with van der Waals surface area (Å²) in [4.78, 5) is 0. The second kappa shape index (κ2) is 3.27. The van der Waals surface area contributed by atoms with Crippen molar-refractivity contribution >= 4 is 0 Å². The molecule has 12 heavy (non-hydrogen) atoms. The van der Waals surface area contributed by atoms with Crippen molar-refractivity contribution in [3.8, 4) is 0 Å². The normalized spacial score (nSPS) is 48.2. The number of hydrogen-bond acceptors (Lipinski definition) is 5. The lowest BCUT2D eigenvalue weighted by Gasteiger charge is -2.27. The monoisotopic (exact) mass is 178 g/mol. The van der Waals surface area contributed by atoms with Crippen LogP contribution in [0.3, 0.4) is 0 Å². The molecular weight excluding hydrogens is 164 g/mol. The first-order valence-corrected chi connectivity index (χ1v) is 3.74. The van der Waals surface area contributed by atoms with Crippen LogP contribution in [0.5, 0.6) is 0 Å². The van der Waals surface area contributed by atoms with E-state index in [-0.39, 0.29) is 6.61 Å². The summed E-state index contributed by atoms with van der Waals surface area (Å²) in [5.41, 5.74) is -1.15. The Hall–Kier alpha value is -0.200. The van der Waals surface area contributed by atoms with Gasteiger partial charge in [-0.1, -0.05) is 0 Å². The van der Waals surface area contributed by atoms with E-state index in [0.29, 0.717) is 0 Å². The lowest BCUT2D eigenvalue weighted by atomic mass is 9.98. The van der Waals surface area contributed by atoms with Gasteiger partial charge in [0, 0.05) is 7.11 Å². The van der Waals surface area contributed by atoms with E-state index < -0.39 is 24.1 Å². The Kier molecular flexibility index (Phi) is 2.70. The SMILES string of the molecule is CO[C@@]1(C)[C@H](O)O[C@H](CO)[C@H]1O. The molecule has 0 bridgehead atoms. The average Bonchev–Trinajstić information content (AvgIpc) is 2.30. The third-order valence-corrected chi connectivity index (χ3v) is 2.35. The van der Waals surface area contributed by atoms with Crippen LogP contribution in [0.4, 0.5) is 0 Å². The fourth-order valence-electron chi connectivity index (χ4n) is 1.25. The molecule has 5 heteroatoms. The van der Waals surface area contributed by atoms with Crippen LogP contribution in [0, 0.1) is 0 Å². The van der Waals surface area contributed by atoms with E-state index in [0.717, 1.165) is 0 Å². The van der Waals surface area contributed by atoms with Crippen molar-refractivity contribution in [2.45, 2.75) is 31.0 Å². The molecule has 1 aliphatic rings. The lowest BCUT2D eigenvalue weighted by molar-refractivity contribution is -0.182. The Morgan fingerprint density at radius 1 is 1.50 bits per heavy atom. The third kappa shape index (κ3) is 1.23. The number of methoxy groups -OCH3 is 1. The maximum atomic E-state index is 9.51. The van der Waals surface area contributed by atoms with E-state index in [1.54, 1.807) is 0 Å². The number of hydrogen-bond donors (Lipinski definition) is 3. The highest BCUT2D eigenvalue weighted by molar-refractivity contribution is 4.97. The van der Waals surface area contributed by atoms with Gasteiger partial charge in [0.1, 0.15) is 17.8 Å². The number of aliphatic hydroxyl groups excluding tert-OH is 3. The number of aliphatic hydroxyl groups is 3. The molecule has 1 heterocycles. The highest BCUT2D eigenvalue weighted by Gasteiger charge is 2.52. The van der Waals surface area contributed by atoms with Crippen molar-refractivity contribution in [2.75, 3.05) is 13.7 Å². The zero-order valence-electron chi connectivity index (χ0n) is 7.10. The van der Waals surface area contributed by atoms with Gasteiger partial charge in [0.05, 0.1) is 6.61 Å². The maximum absolute atomic E-state index is 9.51. The summed E-state index contributed by atoms with van der Waals surface area (Å²) < 4.78 is 9.78. The van der Waals surface area contributed by atoms with Gasteiger partial charge >= 0.3 is 0 Å². The van der Waals surface area contributed by atoms with E-state index in [2.05, 4.69) is 0 Å². The van der Waals surface area contributed by atoms with Crippen molar-refractivity contribution in [3.63, 3.8) is 0 Å². The van der Waals surface area contributed by atoms with Gasteiger partial charge in [-0.2, -0.15) is 0 Å². The molecular formula is C7H14O5. The zero-order valence-corrected chi connectivity index (χ0v) is 7.10. The van der Waals surface area contributed by atoms with Crippen LogP contribution in [-0.4, -0.2) is 53.1 Å². The lowest BCUT2D eigenvalue weighted by Crippen LogP contribution is -2.47. The van der Waals surface area contributed by atoms with Gasteiger partial charge in [0.15, 0.2) is 6.29 Å². The Labute approximate surface area is 70.5 Å². The van der Waals surface area contributed by atoms with Crippen LogP contribution in [0.25, 0.3) is 0 Å². The molecule has 0 amide bonds. The van der Waals surface area contributed by atoms with E-state index >= 15 is 0 Å². The summed E-state index contributed by atoms with van der Waals surface area (Å²) >= 11 is 0. The molecule has 1 aliphatic heterocycles. The molecule has 0 saturated carbocycles. The van der Waals surface area contributed by atoms with Gasteiger partial charge in [-0.15, -0.1) is 0 Å². The minimum Gasteiger partial charge on any atom is -0.394 e. The smallest absolute Gasteiger partial charge is 0.186 e. The molecule has 1 fully saturated rings. The van der Waals surface area contributed by atoms with Crippen molar-refractivity contribution in [1.29, 1.82) is 0 Å². The molecule has 0 aromatic rings. The topological polar surface area (TPSA) is 79.2 Å². The summed E-state index contributed by atoms with van der Waals surface area (Å²) in [6.45, 7) is 1.19. The van der Waals surface area contributed by atoms with Crippen LogP contribution in [0.1, 0.15) is 6.92 Å². The average molecular weight is 178 g/mol. The molecule has 0 unspecified atom stereocenters. The van der Waals surface area contributed by atoms with Crippen molar-refractivity contribution < 1.29 is 24.8 Å². The minimum atomic E-state index is -1.20. The molecule has 3 N–H and O–H groups in total. The largest absolute Gasteiger partial charge is 0.394 e. The van der Waals surface area contributed by atoms with E-state index in [9.17, 15) is 10.2 Å². The van der Waals surface area contributed by atoms with Crippen LogP contribution in [0.2, 0.25) is 0 Å². The molecule has 0 aliphatic carbocycles. The molecule has 0 radical (unpaired) electrons. The maximum Gasteiger partial charge on any atom is 0.186 e. The van der Waals surface area contributed by atoms with Crippen LogP contribution in [-0.2, 0) is 9.47 Å². The second-order valence-corrected chi connectivity index (χ2v) is 3.04. The molecule has 0 aromatic heterocycles. The molecule has 72 valence electrons. The number of rotatable bonds is 2. The van der Waals surface area contributed by atoms with Gasteiger partial charge < -0.3 is 24.8 Å². The summed E-state index contributed by atoms with van der Waals surface area (Å²) in [5.74, 6) is 0. The van der Waals surface area contributed by atoms with Crippen LogP contribution in [0.15, 0.2) is 0 Å². The van der Waals surface area contributed by atoms with Crippen LogP contribution < -0.4 is 0 Å². The third-order valence-electron chi connectivity index (χ3n) is 2.35. The highest BCUT2D eigenvalue weighted by Crippen LogP contribution is 2.31. The highest BCUT2D eigenvalue weighted by atomic mass is 16.7. The van der Waals surface area contributed by atoms with Crippen molar-refractivity contribution in [2.24, 2.45) is 0 Å². The summed E-state index contributed by atoms with van der Waals surface area (Å²) in [5, 5.41) is 27.5. The van der Waals surface area contributed by atoms with Gasteiger partial charge in [0.2, 0.25) is 0 Å². The van der Waals surface area contributed by atoms with E-state index in [1.807, 2.05) is 0 Å². The first-order valence-electron chi connectivity index (χ1n) is 3.74. The van der Waals surface area contributed by atoms with Gasteiger partial charge in [0.25, 0.3) is 0 Å². The van der Waals surface area contributed by atoms with E-state index in [4.69, 9.17) is 14.6 Å². The minimum absolute atomic E-state index is 0.336. The fraction of sp³-hybridized carbons (Fsp3) is 1.00. The quantitative estimate of drug-likeness (QED) is 0.477. The predicted molar refractivity (Wildman–Crippen MR) is 39.4 cm³/mol. The first kappa shape index (κ1) is 9.88. The fourth-order valence-corrected chi connectivity index (χ4v) is 1.25. The molecule has 4 atom stereocenters. The second-order valence-electron chi connectivity index (χ2n) is 3.04. The molecule has 5 nitrogen and oxygen atoms in total. The van der Waals surface area contributed by atoms with Gasteiger partial charge in [-0.05, 0) is 6.92 Å². The van der Waals surface area contributed by atoms with E-state index in [1.165, 1.54) is 14.0 Å². The predicted octanol–water partition coefficient (Wildman–Crippen LogP) is -1.54. The van der Waals surface area contributed by atoms with Crippen molar-refractivity contribution in [3.05, 3.63) is 0 Å². The molecule has 1 rings (SSSR count). The summed E-state index contributed by atoms with van der Waals surface area (Å²) in [6, 6.07) is 0. The van der Waals surface area contributed by atoms with Crippen molar-refractivity contribution in [1.82, 2.24) is 0 Å². The Morgan fingerprint density at radius 3 is 2.33 bits per heavy atom. The Bertz CT molecular complexity index is 162. The molecule has 0 spiro atoms. The standard InChI is InChI=1S/C7H14O5/c1-7(11-2)5(9)4(3-8)12-6(7)10/h4-6,8-10H,3H2,1-2H3/t4-,5-,6-,7-/m1/s1. The number of ether oxygens (including phenoxy) is 2. The Morgan fingerprint density at radius 2 is 2.08 bits per heavy atom. The zero-order chi connectivity index (χ0) is 9.35. The summed E-state index contributed by atoms with van der Waals surface area (Å²) in [6.07, 6.45) is -2.98. The Balaban J connectivity index is 2.76. The first-order chi connectivity index (χ1) is 5.56. The van der Waals surface area contributed by atoms with Crippen LogP contribution >= 0.6 is 0 Å². The van der Waals surface area contributed by atoms with Gasteiger partial charge in [-0.25, -0.2) is 0 Å². The summed E-state index contributed by atoms with van der Waals surface area (Å²) in [7, 11) is 1.37. The molecule has 1 saturated heterocycles.